The third-order valence-corrected chi connectivity index (χ3v) is 3.43. The molecule has 1 aromatic carbocycles. The van der Waals surface area contributed by atoms with Crippen LogP contribution in [0.3, 0.4) is 0 Å². The molecule has 0 aliphatic rings. The molecule has 0 unspecified atom stereocenters. The van der Waals surface area contributed by atoms with Crippen LogP contribution in [0.2, 0.25) is 0 Å². The Hall–Kier alpha value is -2.27. The number of ether oxygens (including phenoxy) is 1. The van der Waals surface area contributed by atoms with Crippen LogP contribution >= 0.6 is 0 Å². The number of hydrogen-bond donors (Lipinski definition) is 2. The highest BCUT2D eigenvalue weighted by molar-refractivity contribution is 5.79. The summed E-state index contributed by atoms with van der Waals surface area (Å²) in [5, 5.41) is 6.63. The highest BCUT2D eigenvalue weighted by Gasteiger charge is 1.98. The fourth-order valence-electron chi connectivity index (χ4n) is 2.24. The lowest BCUT2D eigenvalue weighted by molar-refractivity contribution is 0.105. The lowest BCUT2D eigenvalue weighted by Crippen LogP contribution is -2.38. The maximum absolute atomic E-state index is 5.55. The van der Waals surface area contributed by atoms with Gasteiger partial charge in [-0.05, 0) is 37.5 Å². The average Bonchev–Trinajstić information content (AvgIpc) is 3.12. The first-order valence-corrected chi connectivity index (χ1v) is 8.54. The van der Waals surface area contributed by atoms with Crippen LogP contribution in [0.5, 0.6) is 0 Å². The van der Waals surface area contributed by atoms with Crippen molar-refractivity contribution in [1.82, 2.24) is 10.6 Å². The maximum Gasteiger partial charge on any atom is 0.191 e. The zero-order valence-corrected chi connectivity index (χ0v) is 14.3. The van der Waals surface area contributed by atoms with Crippen molar-refractivity contribution in [3.8, 4) is 0 Å². The van der Waals surface area contributed by atoms with Crippen LogP contribution in [0.1, 0.15) is 24.7 Å². The molecule has 0 radical (unpaired) electrons. The van der Waals surface area contributed by atoms with E-state index in [0.717, 1.165) is 44.2 Å². The van der Waals surface area contributed by atoms with E-state index in [4.69, 9.17) is 9.15 Å². The van der Waals surface area contributed by atoms with Gasteiger partial charge in [-0.15, -0.1) is 0 Å². The van der Waals surface area contributed by atoms with Gasteiger partial charge in [0.1, 0.15) is 12.4 Å². The van der Waals surface area contributed by atoms with Gasteiger partial charge in [0, 0.05) is 26.2 Å². The van der Waals surface area contributed by atoms with Gasteiger partial charge in [0.25, 0.3) is 0 Å². The predicted octanol–water partition coefficient (Wildman–Crippen LogP) is 2.98. The summed E-state index contributed by atoms with van der Waals surface area (Å²) in [6, 6.07) is 14.2. The summed E-state index contributed by atoms with van der Waals surface area (Å²) >= 11 is 0. The van der Waals surface area contributed by atoms with Crippen LogP contribution in [-0.2, 0) is 17.8 Å². The zero-order chi connectivity index (χ0) is 16.9. The normalized spacial score (nSPS) is 11.5. The minimum absolute atomic E-state index is 0.520. The second-order valence-corrected chi connectivity index (χ2v) is 5.41. The molecule has 0 saturated carbocycles. The zero-order valence-electron chi connectivity index (χ0n) is 14.3. The van der Waals surface area contributed by atoms with E-state index >= 15 is 0 Å². The molecule has 0 aliphatic heterocycles. The van der Waals surface area contributed by atoms with Crippen molar-refractivity contribution in [2.75, 3.05) is 26.2 Å². The summed E-state index contributed by atoms with van der Waals surface area (Å²) < 4.78 is 10.8. The quantitative estimate of drug-likeness (QED) is 0.400. The van der Waals surface area contributed by atoms with Crippen molar-refractivity contribution in [2.24, 2.45) is 4.99 Å². The van der Waals surface area contributed by atoms with Crippen LogP contribution in [0, 0.1) is 0 Å². The number of nitrogens with zero attached hydrogens (tertiary/aromatic N) is 1. The highest BCUT2D eigenvalue weighted by atomic mass is 16.5. The topological polar surface area (TPSA) is 58.8 Å². The van der Waals surface area contributed by atoms with E-state index in [1.165, 1.54) is 5.56 Å². The molecular weight excluding hydrogens is 302 g/mol. The van der Waals surface area contributed by atoms with Crippen LogP contribution < -0.4 is 10.6 Å². The fourth-order valence-corrected chi connectivity index (χ4v) is 2.24. The second-order valence-electron chi connectivity index (χ2n) is 5.41. The molecule has 0 spiro atoms. The third kappa shape index (κ3) is 7.33. The first kappa shape index (κ1) is 18.1. The summed E-state index contributed by atoms with van der Waals surface area (Å²) in [6.07, 6.45) is 3.53. The van der Waals surface area contributed by atoms with Gasteiger partial charge in [-0.25, -0.2) is 0 Å². The standard InChI is InChI=1S/C19H27N3O2/c1-2-20-19(22-13-11-17-8-4-3-5-9-17)21-12-7-14-23-16-18-10-6-15-24-18/h3-6,8-10,15H,2,7,11-14,16H2,1H3,(H2,20,21,22). The van der Waals surface area contributed by atoms with Gasteiger partial charge in [0.2, 0.25) is 0 Å². The number of furan rings is 1. The molecule has 0 amide bonds. The van der Waals surface area contributed by atoms with Gasteiger partial charge >= 0.3 is 0 Å². The Morgan fingerprint density at radius 3 is 2.75 bits per heavy atom. The van der Waals surface area contributed by atoms with Crippen LogP contribution in [-0.4, -0.2) is 32.2 Å². The van der Waals surface area contributed by atoms with Gasteiger partial charge in [0.15, 0.2) is 5.96 Å². The number of benzene rings is 1. The molecule has 1 heterocycles. The van der Waals surface area contributed by atoms with E-state index in [9.17, 15) is 0 Å². The van der Waals surface area contributed by atoms with Crippen molar-refractivity contribution in [3.63, 3.8) is 0 Å². The Balaban J connectivity index is 1.60. The van der Waals surface area contributed by atoms with Crippen molar-refractivity contribution < 1.29 is 9.15 Å². The number of guanidine groups is 1. The summed E-state index contributed by atoms with van der Waals surface area (Å²) in [5.74, 6) is 1.72. The molecule has 2 aromatic rings. The first-order chi connectivity index (χ1) is 11.9. The van der Waals surface area contributed by atoms with Gasteiger partial charge in [-0.3, -0.25) is 4.99 Å². The SMILES string of the molecule is CCNC(=NCCCOCc1ccco1)NCCc1ccccc1. The molecule has 5 nitrogen and oxygen atoms in total. The number of hydrogen-bond acceptors (Lipinski definition) is 3. The predicted molar refractivity (Wildman–Crippen MR) is 97.1 cm³/mol. The van der Waals surface area contributed by atoms with E-state index in [-0.39, 0.29) is 0 Å². The molecule has 0 aliphatic carbocycles. The van der Waals surface area contributed by atoms with Gasteiger partial charge in [-0.2, -0.15) is 0 Å². The Morgan fingerprint density at radius 2 is 2.00 bits per heavy atom. The second kappa shape index (κ2) is 11.3. The number of aliphatic imine (C=N–C) groups is 1. The third-order valence-electron chi connectivity index (χ3n) is 3.43. The lowest BCUT2D eigenvalue weighted by atomic mass is 10.1. The smallest absolute Gasteiger partial charge is 0.191 e. The lowest BCUT2D eigenvalue weighted by Gasteiger charge is -2.11. The van der Waals surface area contributed by atoms with Crippen LogP contribution in [0.15, 0.2) is 58.1 Å². The molecule has 130 valence electrons. The summed E-state index contributed by atoms with van der Waals surface area (Å²) in [4.78, 5) is 4.57. The maximum atomic E-state index is 5.55. The molecule has 5 heteroatoms. The Morgan fingerprint density at radius 1 is 1.12 bits per heavy atom. The minimum Gasteiger partial charge on any atom is -0.467 e. The minimum atomic E-state index is 0.520. The Bertz CT molecular complexity index is 568. The van der Waals surface area contributed by atoms with E-state index in [1.54, 1.807) is 6.26 Å². The first-order valence-electron chi connectivity index (χ1n) is 8.54. The van der Waals surface area contributed by atoms with E-state index < -0.39 is 0 Å². The molecule has 24 heavy (non-hydrogen) atoms. The number of nitrogens with one attached hydrogen (secondary N) is 2. The molecule has 0 saturated heterocycles. The summed E-state index contributed by atoms with van der Waals surface area (Å²) in [5.41, 5.74) is 1.33. The molecule has 2 rings (SSSR count). The number of rotatable bonds is 10. The van der Waals surface area contributed by atoms with Gasteiger partial charge < -0.3 is 19.8 Å². The van der Waals surface area contributed by atoms with Gasteiger partial charge in [-0.1, -0.05) is 30.3 Å². The van der Waals surface area contributed by atoms with Crippen molar-refractivity contribution in [1.29, 1.82) is 0 Å². The molecule has 1 aromatic heterocycles. The molecule has 2 N–H and O–H groups in total. The summed E-state index contributed by atoms with van der Waals surface area (Å²) in [7, 11) is 0. The van der Waals surface area contributed by atoms with Crippen molar-refractivity contribution in [3.05, 3.63) is 60.1 Å². The largest absolute Gasteiger partial charge is 0.467 e. The van der Waals surface area contributed by atoms with E-state index in [2.05, 4.69) is 46.8 Å². The molecule has 0 atom stereocenters. The van der Waals surface area contributed by atoms with Gasteiger partial charge in [0.05, 0.1) is 6.26 Å². The molecule has 0 fully saturated rings. The Kier molecular flexibility index (Phi) is 8.51. The monoisotopic (exact) mass is 329 g/mol. The van der Waals surface area contributed by atoms with Crippen molar-refractivity contribution in [2.45, 2.75) is 26.4 Å². The van der Waals surface area contributed by atoms with Crippen LogP contribution in [0.4, 0.5) is 0 Å². The average molecular weight is 329 g/mol. The van der Waals surface area contributed by atoms with E-state index in [0.29, 0.717) is 13.2 Å². The summed E-state index contributed by atoms with van der Waals surface area (Å²) in [6.45, 7) is 5.72. The van der Waals surface area contributed by atoms with Crippen molar-refractivity contribution >= 4 is 5.96 Å². The highest BCUT2D eigenvalue weighted by Crippen LogP contribution is 2.02. The van der Waals surface area contributed by atoms with Crippen LogP contribution in [0.25, 0.3) is 0 Å². The van der Waals surface area contributed by atoms with E-state index in [1.807, 2.05) is 18.2 Å². The molecular formula is C19H27N3O2. The Labute approximate surface area is 144 Å². The fraction of sp³-hybridized carbons (Fsp3) is 0.421. The molecule has 0 bridgehead atoms.